The van der Waals surface area contributed by atoms with E-state index < -0.39 is 5.54 Å². The number of rotatable bonds is 5. The Labute approximate surface area is 212 Å². The van der Waals surface area contributed by atoms with Gasteiger partial charge in [-0.25, -0.2) is 9.59 Å². The number of urea groups is 1. The highest BCUT2D eigenvalue weighted by Crippen LogP contribution is 2.32. The smallest absolute Gasteiger partial charge is 0.338 e. The molecule has 0 bridgehead atoms. The molecule has 1 saturated carbocycles. The van der Waals surface area contributed by atoms with Crippen LogP contribution in [0.25, 0.3) is 0 Å². The van der Waals surface area contributed by atoms with Crippen LogP contribution < -0.4 is 22.5 Å². The van der Waals surface area contributed by atoms with Gasteiger partial charge in [0.15, 0.2) is 0 Å². The molecular weight excluding hydrogens is 472 g/mol. The number of piperazine rings is 1. The van der Waals surface area contributed by atoms with E-state index in [1.54, 1.807) is 40.5 Å². The van der Waals surface area contributed by atoms with E-state index in [0.717, 1.165) is 45.3 Å². The zero-order valence-corrected chi connectivity index (χ0v) is 21.5. The van der Waals surface area contributed by atoms with E-state index in [4.69, 9.17) is 11.5 Å². The number of carbonyl (C=O) groups excluding carboxylic acids is 2. The molecule has 0 unspecified atom stereocenters. The first-order valence-corrected chi connectivity index (χ1v) is 12.3. The standard InChI is InChI=1S/C23H38N8O3.ClH/c1-23(2,25)20(32)29-9-11-30(12-10-29)21(33)26-19-7-8-31(22(34)27-19)18-5-3-16(4-6-18)13-28-14-17(24)15-28;/h7-8,16-18H,3-6,9-15,24-25H2,1-2H3,(H,26,27,33,34);1H. The summed E-state index contributed by atoms with van der Waals surface area (Å²) < 4.78 is 1.70. The molecule has 3 amide bonds. The zero-order chi connectivity index (χ0) is 24.5. The molecule has 1 aromatic heterocycles. The van der Waals surface area contributed by atoms with E-state index in [2.05, 4.69) is 15.2 Å². The molecule has 0 radical (unpaired) electrons. The second-order valence-corrected chi connectivity index (χ2v) is 10.6. The largest absolute Gasteiger partial charge is 0.349 e. The van der Waals surface area contributed by atoms with E-state index in [-0.39, 0.29) is 41.9 Å². The van der Waals surface area contributed by atoms with Crippen molar-refractivity contribution in [1.82, 2.24) is 24.3 Å². The van der Waals surface area contributed by atoms with Crippen molar-refractivity contribution in [2.45, 2.75) is 57.2 Å². The molecule has 35 heavy (non-hydrogen) atoms. The van der Waals surface area contributed by atoms with Crippen molar-refractivity contribution in [3.05, 3.63) is 22.7 Å². The lowest BCUT2D eigenvalue weighted by atomic mass is 9.85. The second kappa shape index (κ2) is 11.2. The highest BCUT2D eigenvalue weighted by molar-refractivity contribution is 5.89. The van der Waals surface area contributed by atoms with Gasteiger partial charge in [-0.1, -0.05) is 0 Å². The molecular formula is C23H39ClN8O3. The fourth-order valence-electron chi connectivity index (χ4n) is 5.20. The molecule has 1 aromatic rings. The molecule has 1 aliphatic carbocycles. The van der Waals surface area contributed by atoms with E-state index in [1.165, 1.54) is 0 Å². The SMILES string of the molecule is CC(C)(N)C(=O)N1CCN(C(=O)Nc2ccn(C3CCC(CN4CC(N)C4)CC3)c(=O)n2)CC1.Cl. The van der Waals surface area contributed by atoms with Crippen molar-refractivity contribution in [1.29, 1.82) is 0 Å². The normalized spacial score (nSPS) is 23.9. The molecule has 2 saturated heterocycles. The molecule has 3 heterocycles. The van der Waals surface area contributed by atoms with Crippen LogP contribution in [0.1, 0.15) is 45.6 Å². The van der Waals surface area contributed by atoms with Crippen LogP contribution in [0.15, 0.2) is 17.1 Å². The average molecular weight is 511 g/mol. The average Bonchev–Trinajstić information content (AvgIpc) is 2.78. The summed E-state index contributed by atoms with van der Waals surface area (Å²) in [7, 11) is 0. The van der Waals surface area contributed by atoms with Crippen molar-refractivity contribution in [2.24, 2.45) is 17.4 Å². The quantitative estimate of drug-likeness (QED) is 0.522. The second-order valence-electron chi connectivity index (χ2n) is 10.6. The number of halogens is 1. The summed E-state index contributed by atoms with van der Waals surface area (Å²) in [6.45, 7) is 8.10. The predicted octanol–water partition coefficient (Wildman–Crippen LogP) is 0.453. The van der Waals surface area contributed by atoms with Crippen LogP contribution in [-0.2, 0) is 4.79 Å². The van der Waals surface area contributed by atoms with Crippen molar-refractivity contribution < 1.29 is 9.59 Å². The first-order chi connectivity index (χ1) is 16.1. The molecule has 3 aliphatic rings. The van der Waals surface area contributed by atoms with Crippen LogP contribution >= 0.6 is 12.4 Å². The van der Waals surface area contributed by atoms with Gasteiger partial charge in [-0.15, -0.1) is 12.4 Å². The van der Waals surface area contributed by atoms with Gasteiger partial charge in [-0.3, -0.25) is 19.6 Å². The zero-order valence-electron chi connectivity index (χ0n) is 20.7. The first-order valence-electron chi connectivity index (χ1n) is 12.3. The van der Waals surface area contributed by atoms with Gasteiger partial charge in [0.1, 0.15) is 5.82 Å². The molecule has 12 heteroatoms. The lowest BCUT2D eigenvalue weighted by Crippen LogP contribution is -2.58. The Morgan fingerprint density at radius 1 is 1.09 bits per heavy atom. The Hall–Kier alpha value is -2.21. The van der Waals surface area contributed by atoms with E-state index in [0.29, 0.717) is 38.1 Å². The molecule has 4 rings (SSSR count). The lowest BCUT2D eigenvalue weighted by molar-refractivity contribution is -0.137. The molecule has 0 atom stereocenters. The maximum atomic E-state index is 12.7. The molecule has 0 aromatic carbocycles. The maximum Gasteiger partial charge on any atom is 0.349 e. The van der Waals surface area contributed by atoms with E-state index >= 15 is 0 Å². The third-order valence-corrected chi connectivity index (χ3v) is 7.18. The number of nitrogens with zero attached hydrogens (tertiary/aromatic N) is 5. The van der Waals surface area contributed by atoms with Gasteiger partial charge in [0.05, 0.1) is 5.54 Å². The van der Waals surface area contributed by atoms with Crippen molar-refractivity contribution in [3.63, 3.8) is 0 Å². The van der Waals surface area contributed by atoms with Gasteiger partial charge in [0.25, 0.3) is 0 Å². The Morgan fingerprint density at radius 3 is 2.23 bits per heavy atom. The van der Waals surface area contributed by atoms with Crippen molar-refractivity contribution >= 4 is 30.2 Å². The minimum absolute atomic E-state index is 0. The van der Waals surface area contributed by atoms with E-state index in [1.807, 2.05) is 0 Å². The Balaban J connectivity index is 0.00000342. The van der Waals surface area contributed by atoms with Crippen molar-refractivity contribution in [3.8, 4) is 0 Å². The minimum Gasteiger partial charge on any atom is -0.338 e. The Bertz CT molecular complexity index is 943. The monoisotopic (exact) mass is 510 g/mol. The van der Waals surface area contributed by atoms with Crippen LogP contribution in [-0.4, -0.2) is 93.6 Å². The molecule has 5 N–H and O–H groups in total. The number of anilines is 1. The summed E-state index contributed by atoms with van der Waals surface area (Å²) in [5.41, 5.74) is 10.5. The van der Waals surface area contributed by atoms with Crippen LogP contribution in [0.2, 0.25) is 0 Å². The molecule has 2 aliphatic heterocycles. The highest BCUT2D eigenvalue weighted by atomic mass is 35.5. The summed E-state index contributed by atoms with van der Waals surface area (Å²) >= 11 is 0. The number of aromatic nitrogens is 2. The van der Waals surface area contributed by atoms with Gasteiger partial charge < -0.3 is 21.3 Å². The van der Waals surface area contributed by atoms with Crippen LogP contribution in [0.4, 0.5) is 10.6 Å². The summed E-state index contributed by atoms with van der Waals surface area (Å²) in [4.78, 5) is 47.4. The Kier molecular flexibility index (Phi) is 8.79. The highest BCUT2D eigenvalue weighted by Gasteiger charge is 2.32. The van der Waals surface area contributed by atoms with Crippen molar-refractivity contribution in [2.75, 3.05) is 51.1 Å². The number of carbonyl (C=O) groups is 2. The van der Waals surface area contributed by atoms with Crippen LogP contribution in [0.5, 0.6) is 0 Å². The number of likely N-dealkylation sites (tertiary alicyclic amines) is 1. The maximum absolute atomic E-state index is 12.7. The van der Waals surface area contributed by atoms with Gasteiger partial charge in [0.2, 0.25) is 5.91 Å². The third kappa shape index (κ3) is 6.72. The first kappa shape index (κ1) is 27.4. The number of amides is 3. The topological polar surface area (TPSA) is 143 Å². The predicted molar refractivity (Wildman–Crippen MR) is 137 cm³/mol. The van der Waals surface area contributed by atoms with Gasteiger partial charge in [-0.05, 0) is 51.5 Å². The third-order valence-electron chi connectivity index (χ3n) is 7.18. The van der Waals surface area contributed by atoms with Crippen LogP contribution in [0, 0.1) is 5.92 Å². The molecule has 3 fully saturated rings. The summed E-state index contributed by atoms with van der Waals surface area (Å²) in [5.74, 6) is 0.782. The Morgan fingerprint density at radius 2 is 1.69 bits per heavy atom. The van der Waals surface area contributed by atoms with Crippen LogP contribution in [0.3, 0.4) is 0 Å². The van der Waals surface area contributed by atoms with Gasteiger partial charge >= 0.3 is 11.7 Å². The number of nitrogens with one attached hydrogen (secondary N) is 1. The summed E-state index contributed by atoms with van der Waals surface area (Å²) in [6.07, 6.45) is 5.85. The number of hydrogen-bond acceptors (Lipinski definition) is 7. The summed E-state index contributed by atoms with van der Waals surface area (Å²) in [6, 6.07) is 1.84. The number of nitrogens with two attached hydrogens (primary N) is 2. The fourth-order valence-corrected chi connectivity index (χ4v) is 5.20. The molecule has 0 spiro atoms. The molecule has 196 valence electrons. The fraction of sp³-hybridized carbons (Fsp3) is 0.739. The minimum atomic E-state index is -0.930. The van der Waals surface area contributed by atoms with E-state index in [9.17, 15) is 14.4 Å². The van der Waals surface area contributed by atoms with Gasteiger partial charge in [-0.2, -0.15) is 4.98 Å². The summed E-state index contributed by atoms with van der Waals surface area (Å²) in [5, 5.41) is 2.72. The molecule has 11 nitrogen and oxygen atoms in total. The number of hydrogen-bond donors (Lipinski definition) is 3. The lowest BCUT2D eigenvalue weighted by Gasteiger charge is -2.40. The van der Waals surface area contributed by atoms with Gasteiger partial charge in [0, 0.05) is 64.1 Å².